The molecule has 1 aliphatic rings. The lowest BCUT2D eigenvalue weighted by Crippen LogP contribution is -2.41. The van der Waals surface area contributed by atoms with Crippen molar-refractivity contribution in [3.8, 4) is 0 Å². The van der Waals surface area contributed by atoms with E-state index >= 15 is 0 Å². The van der Waals surface area contributed by atoms with E-state index < -0.39 is 9.84 Å². The Bertz CT molecular complexity index is 786. The number of halogens is 1. The van der Waals surface area contributed by atoms with E-state index in [0.29, 0.717) is 23.7 Å². The molecule has 0 saturated carbocycles. The smallest absolute Gasteiger partial charge is 0.246 e. The Morgan fingerprint density at radius 2 is 2.08 bits per heavy atom. The molecule has 9 heteroatoms. The van der Waals surface area contributed by atoms with E-state index in [1.165, 1.54) is 6.08 Å². The molecule has 7 nitrogen and oxygen atoms in total. The summed E-state index contributed by atoms with van der Waals surface area (Å²) in [5.41, 5.74) is 1.44. The van der Waals surface area contributed by atoms with Gasteiger partial charge in [-0.2, -0.15) is 5.10 Å². The Kier molecular flexibility index (Phi) is 6.87. The summed E-state index contributed by atoms with van der Waals surface area (Å²) in [6.45, 7) is 3.19. The molecule has 1 atom stereocenters. The second kappa shape index (κ2) is 8.54. The van der Waals surface area contributed by atoms with Gasteiger partial charge in [-0.25, -0.2) is 8.42 Å². The maximum atomic E-state index is 12.8. The van der Waals surface area contributed by atoms with Crippen molar-refractivity contribution >= 4 is 33.4 Å². The van der Waals surface area contributed by atoms with E-state index in [9.17, 15) is 13.2 Å². The van der Waals surface area contributed by atoms with Gasteiger partial charge in [-0.1, -0.05) is 11.6 Å². The molecule has 1 saturated heterocycles. The number of hydrogen-bond donors (Lipinski definition) is 0. The van der Waals surface area contributed by atoms with Gasteiger partial charge in [0.05, 0.1) is 17.2 Å². The van der Waals surface area contributed by atoms with Crippen LogP contribution in [0.4, 0.5) is 0 Å². The van der Waals surface area contributed by atoms with Gasteiger partial charge in [0, 0.05) is 31.3 Å². The molecule has 1 amide bonds. The first kappa shape index (κ1) is 20.9. The van der Waals surface area contributed by atoms with E-state index in [-0.39, 0.29) is 23.5 Å². The summed E-state index contributed by atoms with van der Waals surface area (Å²) in [6, 6.07) is -0.259. The van der Waals surface area contributed by atoms with Crippen LogP contribution in [0.2, 0.25) is 5.15 Å². The number of rotatable bonds is 7. The van der Waals surface area contributed by atoms with Crippen LogP contribution in [-0.2, 0) is 21.7 Å². The van der Waals surface area contributed by atoms with Gasteiger partial charge in [0.25, 0.3) is 0 Å². The largest absolute Gasteiger partial charge is 0.335 e. The highest BCUT2D eigenvalue weighted by Crippen LogP contribution is 2.22. The quantitative estimate of drug-likeness (QED) is 0.644. The molecule has 1 aromatic rings. The van der Waals surface area contributed by atoms with Gasteiger partial charge in [-0.3, -0.25) is 9.48 Å². The van der Waals surface area contributed by atoms with Gasteiger partial charge in [0.1, 0.15) is 5.15 Å². The molecular weight excluding hydrogens is 376 g/mol. The monoisotopic (exact) mass is 402 g/mol. The van der Waals surface area contributed by atoms with Crippen LogP contribution >= 0.6 is 11.6 Å². The second-order valence-electron chi connectivity index (χ2n) is 6.99. The van der Waals surface area contributed by atoms with Crippen LogP contribution in [0.25, 0.3) is 6.08 Å². The molecule has 146 valence electrons. The maximum Gasteiger partial charge on any atom is 0.246 e. The molecule has 0 spiro atoms. The topological polar surface area (TPSA) is 75.5 Å². The van der Waals surface area contributed by atoms with E-state index in [1.54, 1.807) is 22.7 Å². The van der Waals surface area contributed by atoms with Crippen LogP contribution in [0.3, 0.4) is 0 Å². The molecule has 0 radical (unpaired) electrons. The van der Waals surface area contributed by atoms with Gasteiger partial charge in [-0.15, -0.1) is 0 Å². The fourth-order valence-corrected chi connectivity index (χ4v) is 5.11. The molecule has 0 aliphatic carbocycles. The van der Waals surface area contributed by atoms with Crippen molar-refractivity contribution in [3.63, 3.8) is 0 Å². The second-order valence-corrected chi connectivity index (χ2v) is 9.58. The number of sulfone groups is 1. The van der Waals surface area contributed by atoms with Crippen molar-refractivity contribution in [3.05, 3.63) is 22.5 Å². The number of amides is 1. The van der Waals surface area contributed by atoms with Gasteiger partial charge in [0.15, 0.2) is 9.84 Å². The first-order valence-electron chi connectivity index (χ1n) is 8.63. The Hall–Kier alpha value is -1.38. The lowest BCUT2D eigenvalue weighted by atomic mass is 10.2. The first-order chi connectivity index (χ1) is 12.1. The minimum absolute atomic E-state index is 0.0429. The highest BCUT2D eigenvalue weighted by atomic mass is 35.5. The molecule has 1 unspecified atom stereocenters. The SMILES string of the molecule is Cc1nn(C)c(Cl)c1/C=C/C(=O)N(CCCN(C)C)C1CCS(=O)(=O)C1. The summed E-state index contributed by atoms with van der Waals surface area (Å²) in [5.74, 6) is -0.00155. The fourth-order valence-electron chi connectivity index (χ4n) is 3.14. The number of carbonyl (C=O) groups excluding carboxylic acids is 1. The van der Waals surface area contributed by atoms with Crippen molar-refractivity contribution in [2.75, 3.05) is 38.7 Å². The average molecular weight is 403 g/mol. The average Bonchev–Trinajstić information content (AvgIpc) is 3.01. The Morgan fingerprint density at radius 1 is 1.38 bits per heavy atom. The molecule has 0 N–H and O–H groups in total. The fraction of sp³-hybridized carbons (Fsp3) is 0.647. The summed E-state index contributed by atoms with van der Waals surface area (Å²) in [6.07, 6.45) is 4.41. The van der Waals surface area contributed by atoms with E-state index in [0.717, 1.165) is 18.7 Å². The maximum absolute atomic E-state index is 12.8. The predicted molar refractivity (Wildman–Crippen MR) is 104 cm³/mol. The summed E-state index contributed by atoms with van der Waals surface area (Å²) >= 11 is 6.20. The minimum atomic E-state index is -3.06. The third-order valence-electron chi connectivity index (χ3n) is 4.53. The molecule has 2 heterocycles. The molecule has 0 bridgehead atoms. The Labute approximate surface area is 160 Å². The molecule has 2 rings (SSSR count). The van der Waals surface area contributed by atoms with Crippen molar-refractivity contribution in [1.29, 1.82) is 0 Å². The summed E-state index contributed by atoms with van der Waals surface area (Å²) in [7, 11) is 2.63. The van der Waals surface area contributed by atoms with Crippen LogP contribution in [0, 0.1) is 6.92 Å². The van der Waals surface area contributed by atoms with Crippen molar-refractivity contribution < 1.29 is 13.2 Å². The number of carbonyl (C=O) groups is 1. The van der Waals surface area contributed by atoms with E-state index in [2.05, 4.69) is 5.10 Å². The van der Waals surface area contributed by atoms with Crippen LogP contribution in [0.5, 0.6) is 0 Å². The van der Waals surface area contributed by atoms with Crippen LogP contribution in [0.1, 0.15) is 24.1 Å². The van der Waals surface area contributed by atoms with Gasteiger partial charge in [-0.05, 0) is 46.5 Å². The normalized spacial score (nSPS) is 19.5. The highest BCUT2D eigenvalue weighted by Gasteiger charge is 2.33. The van der Waals surface area contributed by atoms with E-state index in [4.69, 9.17) is 11.6 Å². The number of aromatic nitrogens is 2. The van der Waals surface area contributed by atoms with E-state index in [1.807, 2.05) is 25.9 Å². The molecule has 0 aromatic carbocycles. The standard InChI is InChI=1S/C17H27ClN4O3S/c1-13-15(17(18)21(4)19-13)6-7-16(23)22(10-5-9-20(2)3)14-8-11-26(24,25)12-14/h6-7,14H,5,8-12H2,1-4H3/b7-6+. The molecular formula is C17H27ClN4O3S. The van der Waals surface area contributed by atoms with Crippen molar-refractivity contribution in [2.45, 2.75) is 25.8 Å². The molecule has 1 aliphatic heterocycles. The molecule has 26 heavy (non-hydrogen) atoms. The zero-order chi connectivity index (χ0) is 19.5. The third kappa shape index (κ3) is 5.31. The zero-order valence-electron chi connectivity index (χ0n) is 15.8. The summed E-state index contributed by atoms with van der Waals surface area (Å²) in [5, 5.41) is 4.69. The predicted octanol–water partition coefficient (Wildman–Crippen LogP) is 1.36. The van der Waals surface area contributed by atoms with Gasteiger partial charge >= 0.3 is 0 Å². The van der Waals surface area contributed by atoms with Crippen LogP contribution in [-0.4, -0.2) is 78.6 Å². The van der Waals surface area contributed by atoms with Crippen LogP contribution < -0.4 is 0 Å². The lowest BCUT2D eigenvalue weighted by molar-refractivity contribution is -0.127. The summed E-state index contributed by atoms with van der Waals surface area (Å²) in [4.78, 5) is 16.5. The molecule has 1 aromatic heterocycles. The van der Waals surface area contributed by atoms with Gasteiger partial charge in [0.2, 0.25) is 5.91 Å². The van der Waals surface area contributed by atoms with Crippen LogP contribution in [0.15, 0.2) is 6.08 Å². The van der Waals surface area contributed by atoms with Crippen molar-refractivity contribution in [1.82, 2.24) is 19.6 Å². The first-order valence-corrected chi connectivity index (χ1v) is 10.8. The lowest BCUT2D eigenvalue weighted by Gasteiger charge is -2.27. The number of aryl methyl sites for hydroxylation is 2. The third-order valence-corrected chi connectivity index (χ3v) is 6.72. The summed E-state index contributed by atoms with van der Waals surface area (Å²) < 4.78 is 25.2. The Morgan fingerprint density at radius 3 is 2.58 bits per heavy atom. The highest BCUT2D eigenvalue weighted by molar-refractivity contribution is 7.91. The zero-order valence-corrected chi connectivity index (χ0v) is 17.3. The van der Waals surface area contributed by atoms with Crippen molar-refractivity contribution in [2.24, 2.45) is 7.05 Å². The minimum Gasteiger partial charge on any atom is -0.335 e. The number of nitrogens with zero attached hydrogens (tertiary/aromatic N) is 4. The molecule has 1 fully saturated rings. The van der Waals surface area contributed by atoms with Gasteiger partial charge < -0.3 is 9.80 Å². The number of hydrogen-bond acceptors (Lipinski definition) is 5. The Balaban J connectivity index is 2.15.